The summed E-state index contributed by atoms with van der Waals surface area (Å²) in [6.07, 6.45) is 12.0. The second-order valence-corrected chi connectivity index (χ2v) is 13.4. The molecule has 0 saturated carbocycles. The molecule has 0 saturated heterocycles. The minimum Gasteiger partial charge on any atom is -0.329 e. The Bertz CT molecular complexity index is 504. The second-order valence-electron chi connectivity index (χ2n) is 13.4. The number of hydrogen-bond donors (Lipinski definition) is 7. The van der Waals surface area contributed by atoms with Crippen molar-refractivity contribution in [1.29, 1.82) is 0 Å². The van der Waals surface area contributed by atoms with E-state index in [9.17, 15) is 0 Å². The largest absolute Gasteiger partial charge is 0.329 e. The average molecular weight is 557 g/mol. The van der Waals surface area contributed by atoms with Crippen LogP contribution in [0.15, 0.2) is 0 Å². The Morgan fingerprint density at radius 2 is 1.03 bits per heavy atom. The lowest BCUT2D eigenvalue weighted by Gasteiger charge is -2.23. The number of rotatable bonds is 28. The van der Waals surface area contributed by atoms with Gasteiger partial charge in [0.25, 0.3) is 0 Å². The fourth-order valence-electron chi connectivity index (χ4n) is 4.79. The first kappa shape index (κ1) is 38.7. The van der Waals surface area contributed by atoms with Crippen molar-refractivity contribution in [3.05, 3.63) is 0 Å². The molecule has 0 aromatic carbocycles. The van der Waals surface area contributed by atoms with Crippen molar-refractivity contribution in [3.8, 4) is 0 Å². The van der Waals surface area contributed by atoms with Crippen molar-refractivity contribution in [2.24, 2.45) is 17.4 Å². The summed E-state index contributed by atoms with van der Waals surface area (Å²) in [4.78, 5) is 2.47. The zero-order chi connectivity index (χ0) is 29.2. The zero-order valence-corrected chi connectivity index (χ0v) is 27.2. The van der Waals surface area contributed by atoms with Gasteiger partial charge in [0, 0.05) is 76.5 Å². The molecule has 0 heterocycles. The summed E-state index contributed by atoms with van der Waals surface area (Å²) >= 11 is 0. The predicted molar refractivity (Wildman–Crippen MR) is 174 cm³/mol. The number of unbranched alkanes of at least 4 members (excludes halogenated alkanes) is 4. The number of nitrogens with one attached hydrogen (secondary N) is 5. The molecule has 0 rings (SSSR count). The van der Waals surface area contributed by atoms with E-state index in [2.05, 4.69) is 73.0 Å². The summed E-state index contributed by atoms with van der Waals surface area (Å²) in [6, 6.07) is 0. The molecule has 0 aromatic rings. The van der Waals surface area contributed by atoms with E-state index in [-0.39, 0.29) is 11.1 Å². The van der Waals surface area contributed by atoms with Gasteiger partial charge in [-0.15, -0.1) is 0 Å². The van der Waals surface area contributed by atoms with E-state index >= 15 is 0 Å². The highest BCUT2D eigenvalue weighted by molar-refractivity contribution is 4.71. The Kier molecular flexibility index (Phi) is 25.2. The Balaban J connectivity index is 3.95. The molecular weight excluding hydrogens is 484 g/mol. The third-order valence-electron chi connectivity index (χ3n) is 7.07. The topological polar surface area (TPSA) is 115 Å². The van der Waals surface area contributed by atoms with E-state index in [1.165, 1.54) is 57.8 Å². The monoisotopic (exact) mass is 557 g/mol. The van der Waals surface area contributed by atoms with E-state index in [1.54, 1.807) is 0 Å². The average Bonchev–Trinajstić information content (AvgIpc) is 2.85. The Hall–Kier alpha value is -0.320. The number of hydrogen-bond acceptors (Lipinski definition) is 8. The van der Waals surface area contributed by atoms with Crippen molar-refractivity contribution in [2.75, 3.05) is 85.1 Å². The first-order valence-electron chi connectivity index (χ1n) is 16.3. The number of nitrogens with two attached hydrogens (primary N) is 2. The van der Waals surface area contributed by atoms with E-state index in [4.69, 9.17) is 11.5 Å². The molecule has 0 aromatic heterocycles. The molecule has 1 unspecified atom stereocenters. The van der Waals surface area contributed by atoms with Gasteiger partial charge in [-0.1, -0.05) is 38.5 Å². The Morgan fingerprint density at radius 1 is 0.487 bits per heavy atom. The van der Waals surface area contributed by atoms with Gasteiger partial charge in [-0.2, -0.15) is 0 Å². The Labute approximate surface area is 244 Å². The molecule has 0 aliphatic heterocycles. The minimum atomic E-state index is 0.187. The normalized spacial score (nSPS) is 13.5. The van der Waals surface area contributed by atoms with Crippen LogP contribution in [-0.4, -0.2) is 101 Å². The van der Waals surface area contributed by atoms with Gasteiger partial charge in [-0.3, -0.25) is 4.90 Å². The van der Waals surface area contributed by atoms with E-state index in [0.717, 1.165) is 91.0 Å². The van der Waals surface area contributed by atoms with Crippen molar-refractivity contribution in [2.45, 2.75) is 110 Å². The molecule has 8 nitrogen and oxygen atoms in total. The maximum Gasteiger partial charge on any atom is 0.0108 e. The van der Waals surface area contributed by atoms with Crippen LogP contribution >= 0.6 is 0 Å². The first-order valence-corrected chi connectivity index (χ1v) is 16.3. The maximum atomic E-state index is 5.85. The summed E-state index contributed by atoms with van der Waals surface area (Å²) < 4.78 is 0. The van der Waals surface area contributed by atoms with Crippen molar-refractivity contribution in [1.82, 2.24) is 31.5 Å². The summed E-state index contributed by atoms with van der Waals surface area (Å²) in [7, 11) is 0. The van der Waals surface area contributed by atoms with Gasteiger partial charge in [-0.05, 0) is 86.4 Å². The molecule has 0 amide bonds. The molecule has 0 fully saturated rings. The van der Waals surface area contributed by atoms with Gasteiger partial charge >= 0.3 is 0 Å². The van der Waals surface area contributed by atoms with Crippen LogP contribution in [0, 0.1) is 5.92 Å². The summed E-state index contributed by atoms with van der Waals surface area (Å²) in [6.45, 7) is 26.3. The fourth-order valence-corrected chi connectivity index (χ4v) is 4.79. The van der Waals surface area contributed by atoms with Gasteiger partial charge in [0.15, 0.2) is 0 Å². The van der Waals surface area contributed by atoms with Crippen LogP contribution in [0.2, 0.25) is 0 Å². The van der Waals surface area contributed by atoms with E-state index in [0.29, 0.717) is 0 Å². The molecule has 0 radical (unpaired) electrons. The molecule has 236 valence electrons. The zero-order valence-electron chi connectivity index (χ0n) is 27.2. The van der Waals surface area contributed by atoms with Crippen molar-refractivity contribution < 1.29 is 0 Å². The van der Waals surface area contributed by atoms with Crippen LogP contribution in [0.3, 0.4) is 0 Å². The van der Waals surface area contributed by atoms with E-state index < -0.39 is 0 Å². The van der Waals surface area contributed by atoms with Gasteiger partial charge in [0.2, 0.25) is 0 Å². The summed E-state index contributed by atoms with van der Waals surface area (Å²) in [5.74, 6) is 0.849. The predicted octanol–water partition coefficient (Wildman–Crippen LogP) is 2.88. The van der Waals surface area contributed by atoms with Gasteiger partial charge in [0.05, 0.1) is 0 Å². The first-order chi connectivity index (χ1) is 18.6. The van der Waals surface area contributed by atoms with Gasteiger partial charge in [-0.25, -0.2) is 0 Å². The third kappa shape index (κ3) is 30.5. The fraction of sp³-hybridized carbons (Fsp3) is 1.00. The van der Waals surface area contributed by atoms with Gasteiger partial charge < -0.3 is 38.1 Å². The molecule has 0 aliphatic rings. The van der Waals surface area contributed by atoms with Crippen LogP contribution in [0.4, 0.5) is 0 Å². The molecule has 0 spiro atoms. The molecule has 1 atom stereocenters. The number of nitrogens with zero attached hydrogens (tertiary/aromatic N) is 1. The smallest absolute Gasteiger partial charge is 0.0108 e. The lowest BCUT2D eigenvalue weighted by Crippen LogP contribution is -2.43. The molecule has 9 N–H and O–H groups in total. The molecular formula is C31H72N8. The summed E-state index contributed by atoms with van der Waals surface area (Å²) in [5.41, 5.74) is 11.9. The SMILES string of the molecule is CC(C)(C)NCCCCCC(CCCCCNCCN(CCN)CCNCCNC(C)(C)C)CCNCCN. The van der Waals surface area contributed by atoms with E-state index in [1.807, 2.05) is 0 Å². The van der Waals surface area contributed by atoms with Gasteiger partial charge in [0.1, 0.15) is 0 Å². The lowest BCUT2D eigenvalue weighted by atomic mass is 9.92. The highest BCUT2D eigenvalue weighted by Gasteiger charge is 2.10. The summed E-state index contributed by atoms with van der Waals surface area (Å²) in [5, 5.41) is 17.8. The van der Waals surface area contributed by atoms with Crippen molar-refractivity contribution in [3.63, 3.8) is 0 Å². The van der Waals surface area contributed by atoms with Crippen LogP contribution < -0.4 is 38.1 Å². The highest BCUT2D eigenvalue weighted by atomic mass is 15.2. The van der Waals surface area contributed by atoms with Crippen LogP contribution in [-0.2, 0) is 0 Å². The molecule has 8 heteroatoms. The maximum absolute atomic E-state index is 5.85. The van der Waals surface area contributed by atoms with Crippen LogP contribution in [0.5, 0.6) is 0 Å². The molecule has 0 aliphatic carbocycles. The quantitative estimate of drug-likeness (QED) is 0.0736. The Morgan fingerprint density at radius 3 is 1.59 bits per heavy atom. The lowest BCUT2D eigenvalue weighted by molar-refractivity contribution is 0.278. The standard InChI is InChI=1S/C31H72N8/c1-30(2,3)37-19-12-8-10-14-29(15-20-35-21-16-32)13-9-7-11-18-34-24-27-39(26-17-33)28-25-36-22-23-38-31(4,5)6/h29,34-38H,7-28,32-33H2,1-6H3. The highest BCUT2D eigenvalue weighted by Crippen LogP contribution is 2.20. The molecule has 39 heavy (non-hydrogen) atoms. The minimum absolute atomic E-state index is 0.187. The molecule has 0 bridgehead atoms. The van der Waals surface area contributed by atoms with Crippen LogP contribution in [0.1, 0.15) is 99.3 Å². The van der Waals surface area contributed by atoms with Crippen LogP contribution in [0.25, 0.3) is 0 Å². The van der Waals surface area contributed by atoms with Crippen molar-refractivity contribution >= 4 is 0 Å². The second kappa shape index (κ2) is 25.4. The third-order valence-corrected chi connectivity index (χ3v) is 7.07.